The standard InChI is InChI=1S/C48H102Ge6O9/c1-7-13-19-25-31-37-43-49-55-50(44-38-32-26-20-14-8-2)57-51(56-49,45-39-33-27-21-15-9-3)63-54(48-42-36-30-24-18-12-6)59-52(61-49,46-40-34-28-22-16-10-4)58-53(60-54,62-50)47-41-35-29-23-17-11-5/h7-48H2,1-6H3. The van der Waals surface area contributed by atoms with E-state index in [0.29, 0.717) is 0 Å². The molecule has 5 rings (SSSR count). The van der Waals surface area contributed by atoms with Crippen LogP contribution in [0.3, 0.4) is 0 Å². The average Bonchev–Trinajstić information content (AvgIpc) is 3.24. The summed E-state index contributed by atoms with van der Waals surface area (Å²) in [6.45, 7) is 13.8. The molecule has 5 saturated heterocycles. The summed E-state index contributed by atoms with van der Waals surface area (Å²) in [5.74, 6) is 0. The molecule has 0 spiro atoms. The van der Waals surface area contributed by atoms with Gasteiger partial charge in [-0.3, -0.25) is 0 Å². The fraction of sp³-hybridized carbons (Fsp3) is 1.00. The number of unbranched alkanes of at least 4 members (excludes halogenated alkanes) is 30. The van der Waals surface area contributed by atoms with Crippen LogP contribution in [0.4, 0.5) is 0 Å². The van der Waals surface area contributed by atoms with Crippen molar-refractivity contribution in [1.82, 2.24) is 0 Å². The molecule has 5 fully saturated rings. The first-order valence-electron chi connectivity index (χ1n) is 28.0. The van der Waals surface area contributed by atoms with E-state index in [0.717, 1.165) is 70.0 Å². The van der Waals surface area contributed by atoms with Gasteiger partial charge in [0.25, 0.3) is 0 Å². The van der Waals surface area contributed by atoms with E-state index in [-0.39, 0.29) is 0 Å². The summed E-state index contributed by atoms with van der Waals surface area (Å²) in [4.78, 5) is 0. The molecule has 5 heterocycles. The Morgan fingerprint density at radius 2 is 0.270 bits per heavy atom. The second-order valence-corrected chi connectivity index (χ2v) is 67.5. The first-order valence-corrected chi connectivity index (χ1v) is 52.4. The molecule has 0 atom stereocenters. The Balaban J connectivity index is 1.81. The number of hydrogen-bond donors (Lipinski definition) is 0. The van der Waals surface area contributed by atoms with Crippen LogP contribution in [0, 0.1) is 0 Å². The molecule has 6 bridgehead atoms. The van der Waals surface area contributed by atoms with E-state index in [4.69, 9.17) is 25.1 Å². The Kier molecular flexibility index (Phi) is 30.4. The van der Waals surface area contributed by atoms with Crippen molar-refractivity contribution in [2.45, 2.75) is 304 Å². The molecule has 15 heteroatoms. The molecule has 0 aromatic heterocycles. The van der Waals surface area contributed by atoms with Crippen molar-refractivity contribution in [2.75, 3.05) is 0 Å². The maximum absolute atomic E-state index is 8.06. The molecular weight excluding hydrogens is 1160 g/mol. The van der Waals surface area contributed by atoms with Gasteiger partial charge in [0.2, 0.25) is 0 Å². The van der Waals surface area contributed by atoms with E-state index < -0.39 is 85.7 Å². The summed E-state index contributed by atoms with van der Waals surface area (Å²) < 4.78 is 71.2. The predicted molar refractivity (Wildman–Crippen MR) is 273 cm³/mol. The normalized spacial score (nSPS) is 30.0. The van der Waals surface area contributed by atoms with E-state index in [1.54, 1.807) is 0 Å². The van der Waals surface area contributed by atoms with Crippen LogP contribution < -0.4 is 0 Å². The SMILES string of the molecule is CCCCCCC[CH2][Ge]12[O][Ge]3([CH2]CCCCCCC)[O][Ge]([CH2]CCCCCCC)([O]1)[O][Ge]1([CH2]CCCCCCC)[O][Ge]([CH2]CCCCCCC)([O][Ge]([CH2]CCCCCCC)([O]1)[O]3)[O]2. The average molecular weight is 1260 g/mol. The zero-order chi connectivity index (χ0) is 45.1. The molecule has 372 valence electrons. The molecule has 0 amide bonds. The molecule has 5 aliphatic heterocycles. The third kappa shape index (κ3) is 20.9. The van der Waals surface area contributed by atoms with Gasteiger partial charge in [-0.1, -0.05) is 0 Å². The number of hydrogen-bond acceptors (Lipinski definition) is 9. The predicted octanol–water partition coefficient (Wildman–Crippen LogP) is 17.0. The van der Waals surface area contributed by atoms with Gasteiger partial charge in [0, 0.05) is 0 Å². The summed E-state index contributed by atoms with van der Waals surface area (Å²) in [6, 6.07) is 0. The van der Waals surface area contributed by atoms with E-state index in [1.807, 2.05) is 0 Å². The van der Waals surface area contributed by atoms with Crippen molar-refractivity contribution in [3.05, 3.63) is 0 Å². The van der Waals surface area contributed by atoms with Crippen molar-refractivity contribution in [1.29, 1.82) is 0 Å². The molecule has 5 aliphatic rings. The van der Waals surface area contributed by atoms with Gasteiger partial charge in [-0.2, -0.15) is 0 Å². The Bertz CT molecular complexity index is 940. The van der Waals surface area contributed by atoms with Gasteiger partial charge in [0.1, 0.15) is 0 Å². The van der Waals surface area contributed by atoms with Crippen molar-refractivity contribution < 1.29 is 25.1 Å². The molecular formula is C48H102Ge6O9. The summed E-state index contributed by atoms with van der Waals surface area (Å²) in [6.07, 6.45) is 44.1. The van der Waals surface area contributed by atoms with Gasteiger partial charge in [-0.05, 0) is 0 Å². The van der Waals surface area contributed by atoms with Crippen LogP contribution >= 0.6 is 0 Å². The van der Waals surface area contributed by atoms with Crippen LogP contribution in [0.25, 0.3) is 0 Å². The summed E-state index contributed by atoms with van der Waals surface area (Å²) in [5, 5.41) is 5.17. The van der Waals surface area contributed by atoms with Gasteiger partial charge >= 0.3 is 415 Å². The van der Waals surface area contributed by atoms with E-state index in [1.165, 1.54) is 193 Å². The monoisotopic (exact) mass is 1270 g/mol. The summed E-state index contributed by atoms with van der Waals surface area (Å²) in [7, 11) is 0. The van der Waals surface area contributed by atoms with E-state index in [2.05, 4.69) is 41.5 Å². The van der Waals surface area contributed by atoms with E-state index >= 15 is 0 Å². The van der Waals surface area contributed by atoms with Gasteiger partial charge in [0.15, 0.2) is 0 Å². The fourth-order valence-corrected chi connectivity index (χ4v) is 150. The zero-order valence-corrected chi connectivity index (χ0v) is 55.0. The van der Waals surface area contributed by atoms with Gasteiger partial charge in [-0.25, -0.2) is 0 Å². The topological polar surface area (TPSA) is 83.1 Å². The van der Waals surface area contributed by atoms with Gasteiger partial charge < -0.3 is 0 Å². The maximum atomic E-state index is 8.06. The Labute approximate surface area is 411 Å². The molecule has 0 radical (unpaired) electrons. The van der Waals surface area contributed by atoms with E-state index in [9.17, 15) is 0 Å². The molecule has 0 aliphatic carbocycles. The van der Waals surface area contributed by atoms with Crippen LogP contribution in [0.1, 0.15) is 273 Å². The van der Waals surface area contributed by atoms with Gasteiger partial charge in [0.05, 0.1) is 0 Å². The zero-order valence-electron chi connectivity index (χ0n) is 42.4. The number of rotatable bonds is 42. The molecule has 9 nitrogen and oxygen atoms in total. The Morgan fingerprint density at radius 1 is 0.159 bits per heavy atom. The second kappa shape index (κ2) is 32.8. The summed E-state index contributed by atoms with van der Waals surface area (Å²) in [5.41, 5.74) is 0. The van der Waals surface area contributed by atoms with Gasteiger partial charge in [-0.15, -0.1) is 0 Å². The second-order valence-electron chi connectivity index (χ2n) is 20.1. The van der Waals surface area contributed by atoms with Crippen LogP contribution in [0.2, 0.25) is 31.5 Å². The van der Waals surface area contributed by atoms with Crippen molar-refractivity contribution in [2.24, 2.45) is 0 Å². The fourth-order valence-electron chi connectivity index (χ4n) is 10.2. The Hall–Kier alpha value is 2.90. The third-order valence-corrected chi connectivity index (χ3v) is 98.8. The molecule has 63 heavy (non-hydrogen) atoms. The summed E-state index contributed by atoms with van der Waals surface area (Å²) >= 11 is -24.8. The third-order valence-electron chi connectivity index (χ3n) is 13.8. The Morgan fingerprint density at radius 3 is 0.397 bits per heavy atom. The van der Waals surface area contributed by atoms with Crippen molar-refractivity contribution in [3.63, 3.8) is 0 Å². The van der Waals surface area contributed by atoms with Crippen molar-refractivity contribution >= 4 is 85.7 Å². The molecule has 0 N–H and O–H groups in total. The van der Waals surface area contributed by atoms with Crippen LogP contribution in [0.15, 0.2) is 0 Å². The minimum atomic E-state index is -4.14. The quantitative estimate of drug-likeness (QED) is 0.0438. The van der Waals surface area contributed by atoms with Crippen LogP contribution in [-0.2, 0) is 25.1 Å². The molecule has 0 unspecified atom stereocenters. The minimum absolute atomic E-state index is 0.862. The first-order chi connectivity index (χ1) is 30.7. The van der Waals surface area contributed by atoms with Crippen molar-refractivity contribution in [3.8, 4) is 0 Å². The van der Waals surface area contributed by atoms with Crippen LogP contribution in [0.5, 0.6) is 0 Å². The first kappa shape index (κ1) is 58.5. The molecule has 0 aromatic carbocycles. The molecule has 0 saturated carbocycles. The van der Waals surface area contributed by atoms with Crippen LogP contribution in [-0.4, -0.2) is 85.7 Å². The molecule has 0 aromatic rings.